The van der Waals surface area contributed by atoms with Gasteiger partial charge in [-0.25, -0.2) is 9.97 Å². The number of aromatic nitrogens is 4. The molecular formula is C18H11ClN4O2. The van der Waals surface area contributed by atoms with Crippen molar-refractivity contribution in [3.63, 3.8) is 0 Å². The molecule has 2 aromatic heterocycles. The van der Waals surface area contributed by atoms with Crippen LogP contribution in [0.1, 0.15) is 0 Å². The van der Waals surface area contributed by atoms with Gasteiger partial charge in [-0.05, 0) is 30.3 Å². The van der Waals surface area contributed by atoms with Crippen LogP contribution in [0.25, 0.3) is 33.5 Å². The van der Waals surface area contributed by atoms with Gasteiger partial charge < -0.3 is 0 Å². The average Bonchev–Trinajstić information content (AvgIpc) is 2.62. The molecule has 2 aromatic carbocycles. The van der Waals surface area contributed by atoms with Crippen LogP contribution in [-0.4, -0.2) is 19.1 Å². The Kier molecular flexibility index (Phi) is 2.87. The monoisotopic (exact) mass is 350 g/mol. The highest BCUT2D eigenvalue weighted by molar-refractivity contribution is 6.31. The molecule has 0 saturated heterocycles. The van der Waals surface area contributed by atoms with E-state index < -0.39 is 0 Å². The lowest BCUT2D eigenvalue weighted by molar-refractivity contribution is 0.520. The summed E-state index contributed by atoms with van der Waals surface area (Å²) in [6.45, 7) is 0.770. The number of para-hydroxylation sites is 1. The zero-order chi connectivity index (χ0) is 17.1. The van der Waals surface area contributed by atoms with Crippen LogP contribution in [0.2, 0.25) is 5.02 Å². The Balaban J connectivity index is 1.93. The zero-order valence-corrected chi connectivity index (χ0v) is 13.7. The van der Waals surface area contributed by atoms with Crippen LogP contribution in [0.4, 0.5) is 0 Å². The van der Waals surface area contributed by atoms with Crippen molar-refractivity contribution in [2.45, 2.75) is 13.1 Å². The molecule has 0 atom stereocenters. The lowest BCUT2D eigenvalue weighted by Crippen LogP contribution is -2.35. The van der Waals surface area contributed by atoms with Gasteiger partial charge in [0.2, 0.25) is 0 Å². The molecule has 1 aliphatic rings. The van der Waals surface area contributed by atoms with Crippen LogP contribution in [0.15, 0.2) is 52.1 Å². The van der Waals surface area contributed by atoms with Gasteiger partial charge in [-0.3, -0.25) is 18.7 Å². The molecule has 4 aromatic rings. The maximum atomic E-state index is 12.8. The fourth-order valence-corrected chi connectivity index (χ4v) is 3.48. The quantitative estimate of drug-likeness (QED) is 0.488. The van der Waals surface area contributed by atoms with E-state index in [0.717, 1.165) is 0 Å². The van der Waals surface area contributed by atoms with Gasteiger partial charge in [-0.1, -0.05) is 23.7 Å². The van der Waals surface area contributed by atoms with Crippen molar-refractivity contribution in [1.82, 2.24) is 19.1 Å². The molecule has 0 spiro atoms. The summed E-state index contributed by atoms with van der Waals surface area (Å²) >= 11 is 6.04. The van der Waals surface area contributed by atoms with Crippen LogP contribution in [0, 0.1) is 0 Å². The van der Waals surface area contributed by atoms with E-state index >= 15 is 0 Å². The van der Waals surface area contributed by atoms with Crippen LogP contribution in [0.3, 0.4) is 0 Å². The third-order valence-electron chi connectivity index (χ3n) is 4.53. The Morgan fingerprint density at radius 3 is 2.12 bits per heavy atom. The molecule has 0 amide bonds. The van der Waals surface area contributed by atoms with Crippen molar-refractivity contribution >= 4 is 33.4 Å². The van der Waals surface area contributed by atoms with E-state index in [4.69, 9.17) is 11.6 Å². The molecule has 0 N–H and O–H groups in total. The number of benzene rings is 2. The van der Waals surface area contributed by atoms with Crippen LogP contribution in [-0.2, 0) is 13.1 Å². The van der Waals surface area contributed by atoms with Gasteiger partial charge in [0.1, 0.15) is 0 Å². The summed E-state index contributed by atoms with van der Waals surface area (Å²) in [5, 5.41) is 1.57. The predicted octanol–water partition coefficient (Wildman–Crippen LogP) is 2.44. The largest absolute Gasteiger partial charge is 0.288 e. The SMILES string of the molecule is O=c1c2ccccc2nc2n1CCn1c-2nc2cc(Cl)ccc2c1=O. The fourth-order valence-electron chi connectivity index (χ4n) is 3.32. The molecule has 1 aliphatic heterocycles. The van der Waals surface area contributed by atoms with Gasteiger partial charge in [0.05, 0.1) is 21.8 Å². The minimum atomic E-state index is -0.148. The fraction of sp³-hybridized carbons (Fsp3) is 0.111. The van der Waals surface area contributed by atoms with Crippen LogP contribution >= 0.6 is 11.6 Å². The topological polar surface area (TPSA) is 69.8 Å². The van der Waals surface area contributed by atoms with E-state index in [2.05, 4.69) is 9.97 Å². The first-order chi connectivity index (χ1) is 12.1. The predicted molar refractivity (Wildman–Crippen MR) is 96.0 cm³/mol. The molecule has 0 fully saturated rings. The number of hydrogen-bond acceptors (Lipinski definition) is 4. The van der Waals surface area contributed by atoms with E-state index in [1.54, 1.807) is 39.5 Å². The summed E-state index contributed by atoms with van der Waals surface area (Å²) in [5.74, 6) is 0.808. The van der Waals surface area contributed by atoms with Gasteiger partial charge in [0, 0.05) is 18.1 Å². The lowest BCUT2D eigenvalue weighted by Gasteiger charge is -2.22. The molecule has 3 heterocycles. The number of halogens is 1. The van der Waals surface area contributed by atoms with Crippen LogP contribution < -0.4 is 11.1 Å². The smallest absolute Gasteiger partial charge is 0.261 e. The number of nitrogens with zero attached hydrogens (tertiary/aromatic N) is 4. The van der Waals surface area contributed by atoms with Gasteiger partial charge in [-0.15, -0.1) is 0 Å². The Labute approximate surface area is 146 Å². The Morgan fingerprint density at radius 2 is 1.40 bits per heavy atom. The van der Waals surface area contributed by atoms with Gasteiger partial charge in [-0.2, -0.15) is 0 Å². The Hall–Kier alpha value is -2.99. The first-order valence-electron chi connectivity index (χ1n) is 7.83. The van der Waals surface area contributed by atoms with Crippen molar-refractivity contribution < 1.29 is 0 Å². The molecule has 0 aliphatic carbocycles. The van der Waals surface area contributed by atoms with Crippen molar-refractivity contribution in [1.29, 1.82) is 0 Å². The van der Waals surface area contributed by atoms with Gasteiger partial charge in [0.25, 0.3) is 11.1 Å². The van der Waals surface area contributed by atoms with E-state index in [1.807, 2.05) is 12.1 Å². The Bertz CT molecular complexity index is 1310. The van der Waals surface area contributed by atoms with Crippen molar-refractivity contribution in [3.8, 4) is 11.6 Å². The molecule has 122 valence electrons. The lowest BCUT2D eigenvalue weighted by atomic mass is 10.2. The Morgan fingerprint density at radius 1 is 0.800 bits per heavy atom. The molecule has 25 heavy (non-hydrogen) atoms. The minimum absolute atomic E-state index is 0.118. The summed E-state index contributed by atoms with van der Waals surface area (Å²) < 4.78 is 3.16. The first kappa shape index (κ1) is 14.4. The molecule has 7 heteroatoms. The third kappa shape index (κ3) is 1.97. The summed E-state index contributed by atoms with van der Waals surface area (Å²) in [4.78, 5) is 34.8. The first-order valence-corrected chi connectivity index (χ1v) is 8.21. The second-order valence-corrected chi connectivity index (χ2v) is 6.40. The maximum absolute atomic E-state index is 12.8. The molecule has 0 saturated carbocycles. The molecule has 0 unspecified atom stereocenters. The van der Waals surface area contributed by atoms with E-state index in [1.165, 1.54) is 0 Å². The summed E-state index contributed by atoms with van der Waals surface area (Å²) in [6.07, 6.45) is 0. The van der Waals surface area contributed by atoms with Gasteiger partial charge in [0.15, 0.2) is 11.6 Å². The number of rotatable bonds is 0. The normalized spacial score (nSPS) is 13.0. The molecule has 0 radical (unpaired) electrons. The van der Waals surface area contributed by atoms with Gasteiger partial charge >= 0.3 is 0 Å². The average molecular weight is 351 g/mol. The molecule has 0 bridgehead atoms. The van der Waals surface area contributed by atoms with Crippen molar-refractivity contribution in [3.05, 3.63) is 68.2 Å². The number of hydrogen-bond donors (Lipinski definition) is 0. The second kappa shape index (κ2) is 5.00. The highest BCUT2D eigenvalue weighted by atomic mass is 35.5. The maximum Gasteiger partial charge on any atom is 0.261 e. The summed E-state index contributed by atoms with van der Waals surface area (Å²) in [6, 6.07) is 12.2. The second-order valence-electron chi connectivity index (χ2n) is 5.96. The summed E-state index contributed by atoms with van der Waals surface area (Å²) in [7, 11) is 0. The van der Waals surface area contributed by atoms with Crippen molar-refractivity contribution in [2.24, 2.45) is 0 Å². The van der Waals surface area contributed by atoms with E-state index in [0.29, 0.717) is 51.6 Å². The van der Waals surface area contributed by atoms with Crippen molar-refractivity contribution in [2.75, 3.05) is 0 Å². The van der Waals surface area contributed by atoms with E-state index in [-0.39, 0.29) is 11.1 Å². The number of fused-ring (bicyclic) bond motifs is 5. The summed E-state index contributed by atoms with van der Waals surface area (Å²) in [5.41, 5.74) is 0.824. The molecule has 6 nitrogen and oxygen atoms in total. The third-order valence-corrected chi connectivity index (χ3v) is 4.76. The standard InChI is InChI=1S/C18H11ClN4O2/c19-10-5-6-12-14(9-10)21-16-15-20-13-4-2-1-3-11(13)17(24)22(15)7-8-23(16)18(12)25/h1-6,9H,7-8H2. The van der Waals surface area contributed by atoms with E-state index in [9.17, 15) is 9.59 Å². The highest BCUT2D eigenvalue weighted by Gasteiger charge is 2.23. The van der Waals surface area contributed by atoms with Crippen LogP contribution in [0.5, 0.6) is 0 Å². The molecular weight excluding hydrogens is 340 g/mol. The molecule has 5 rings (SSSR count). The zero-order valence-electron chi connectivity index (χ0n) is 12.9. The minimum Gasteiger partial charge on any atom is -0.288 e. The highest BCUT2D eigenvalue weighted by Crippen LogP contribution is 2.23.